The first-order valence-electron chi connectivity index (χ1n) is 8.58. The molecule has 1 aromatic heterocycles. The Morgan fingerprint density at radius 1 is 1.32 bits per heavy atom. The molecule has 1 fully saturated rings. The second-order valence-corrected chi connectivity index (χ2v) is 6.73. The van der Waals surface area contributed by atoms with Gasteiger partial charge in [0.25, 0.3) is 5.91 Å². The van der Waals surface area contributed by atoms with E-state index in [1.54, 1.807) is 12.1 Å². The maximum Gasteiger partial charge on any atom is 0.273 e. The number of likely N-dealkylation sites (tertiary alicyclic amines) is 1. The fourth-order valence-electron chi connectivity index (χ4n) is 3.07. The lowest BCUT2D eigenvalue weighted by atomic mass is 10.1. The molecule has 6 nitrogen and oxygen atoms in total. The molecule has 25 heavy (non-hydrogen) atoms. The molecule has 1 saturated heterocycles. The molecule has 1 amide bonds. The molecule has 0 saturated carbocycles. The number of benzene rings is 1. The molecule has 0 bridgehead atoms. The van der Waals surface area contributed by atoms with Crippen LogP contribution in [0.25, 0.3) is 0 Å². The number of carbonyl (C=O) groups is 1. The number of hydrogen-bond donors (Lipinski definition) is 2. The van der Waals surface area contributed by atoms with Gasteiger partial charge in [-0.15, -0.1) is 5.10 Å². The van der Waals surface area contributed by atoms with Gasteiger partial charge in [-0.1, -0.05) is 22.9 Å². The summed E-state index contributed by atoms with van der Waals surface area (Å²) in [7, 11) is 0. The first-order valence-corrected chi connectivity index (χ1v) is 8.96. The minimum atomic E-state index is -0.404. The topological polar surface area (TPSA) is 64.2 Å². The van der Waals surface area contributed by atoms with E-state index in [0.29, 0.717) is 17.1 Å². The summed E-state index contributed by atoms with van der Waals surface area (Å²) in [6.07, 6.45) is 5.34. The van der Waals surface area contributed by atoms with E-state index in [1.165, 1.54) is 54.2 Å². The number of carbonyl (C=O) groups excluding carboxylic acids is 1. The average molecular weight is 367 g/mol. The van der Waals surface area contributed by atoms with Gasteiger partial charge in [0.1, 0.15) is 5.82 Å². The Bertz CT molecular complexity index is 709. The quantitative estimate of drug-likeness (QED) is 0.799. The van der Waals surface area contributed by atoms with Crippen LogP contribution in [0.2, 0.25) is 5.02 Å². The Hall–Kier alpha value is -1.99. The van der Waals surface area contributed by atoms with Crippen LogP contribution in [0.5, 0.6) is 0 Å². The molecule has 1 aliphatic rings. The molecule has 0 atom stereocenters. The van der Waals surface area contributed by atoms with Gasteiger partial charge in [-0.3, -0.25) is 4.79 Å². The first-order chi connectivity index (χ1) is 12.1. The van der Waals surface area contributed by atoms with Crippen molar-refractivity contribution in [2.75, 3.05) is 26.2 Å². The highest BCUT2D eigenvalue weighted by Gasteiger charge is 2.16. The molecule has 2 heterocycles. The Labute approximate surface area is 151 Å². The van der Waals surface area contributed by atoms with E-state index in [9.17, 15) is 9.18 Å². The normalized spacial score (nSPS) is 15.3. The van der Waals surface area contributed by atoms with Crippen LogP contribution in [-0.2, 0) is 6.54 Å². The molecule has 1 aliphatic heterocycles. The number of halogens is 2. The highest BCUT2D eigenvalue weighted by atomic mass is 35.5. The fourth-order valence-corrected chi connectivity index (χ4v) is 3.29. The van der Waals surface area contributed by atoms with Gasteiger partial charge in [0, 0.05) is 10.6 Å². The summed E-state index contributed by atoms with van der Waals surface area (Å²) in [6.45, 7) is 4.01. The molecule has 0 unspecified atom stereocenters. The predicted octanol–water partition coefficient (Wildman–Crippen LogP) is 0.917. The van der Waals surface area contributed by atoms with Crippen LogP contribution in [0.4, 0.5) is 4.39 Å². The lowest BCUT2D eigenvalue weighted by Gasteiger charge is -2.23. The number of rotatable bonds is 6. The van der Waals surface area contributed by atoms with Gasteiger partial charge in [0.05, 0.1) is 38.9 Å². The van der Waals surface area contributed by atoms with Gasteiger partial charge in [0.15, 0.2) is 5.69 Å². The number of aromatic nitrogens is 3. The number of hydrogen-bond acceptors (Lipinski definition) is 3. The van der Waals surface area contributed by atoms with Crippen molar-refractivity contribution in [2.24, 2.45) is 0 Å². The van der Waals surface area contributed by atoms with E-state index in [-0.39, 0.29) is 18.1 Å². The zero-order chi connectivity index (χ0) is 17.6. The minimum Gasteiger partial charge on any atom is -0.345 e. The van der Waals surface area contributed by atoms with E-state index >= 15 is 0 Å². The van der Waals surface area contributed by atoms with Crippen LogP contribution < -0.4 is 10.2 Å². The molecular formula is C17H22ClFN5O+. The summed E-state index contributed by atoms with van der Waals surface area (Å²) < 4.78 is 15.2. The number of piperidine rings is 1. The van der Waals surface area contributed by atoms with Crippen LogP contribution in [0.15, 0.2) is 24.4 Å². The second-order valence-electron chi connectivity index (χ2n) is 6.32. The van der Waals surface area contributed by atoms with Gasteiger partial charge >= 0.3 is 0 Å². The Morgan fingerprint density at radius 3 is 2.88 bits per heavy atom. The summed E-state index contributed by atoms with van der Waals surface area (Å²) in [5, 5.41) is 10.9. The molecule has 2 aromatic rings. The molecule has 3 rings (SSSR count). The molecule has 2 N–H and O–H groups in total. The zero-order valence-corrected chi connectivity index (χ0v) is 14.7. The number of nitrogens with one attached hydrogen (secondary N) is 2. The molecule has 134 valence electrons. The standard InChI is InChI=1S/C17H21ClFN5O/c18-14-5-4-6-15(19)13(14)11-24-12-16(21-22-24)17(25)20-7-10-23-8-2-1-3-9-23/h4-6,12H,1-3,7-11H2,(H,20,25)/p+1. The summed E-state index contributed by atoms with van der Waals surface area (Å²) in [5.74, 6) is -0.666. The summed E-state index contributed by atoms with van der Waals surface area (Å²) in [6, 6.07) is 4.51. The molecule has 0 radical (unpaired) electrons. The summed E-state index contributed by atoms with van der Waals surface area (Å²) in [4.78, 5) is 13.7. The lowest BCUT2D eigenvalue weighted by Crippen LogP contribution is -3.13. The van der Waals surface area contributed by atoms with E-state index in [2.05, 4.69) is 15.6 Å². The van der Waals surface area contributed by atoms with Crippen LogP contribution >= 0.6 is 11.6 Å². The molecule has 0 aliphatic carbocycles. The van der Waals surface area contributed by atoms with Crippen molar-refractivity contribution in [3.8, 4) is 0 Å². The maximum atomic E-state index is 13.8. The minimum absolute atomic E-state index is 0.129. The highest BCUT2D eigenvalue weighted by molar-refractivity contribution is 6.31. The zero-order valence-electron chi connectivity index (χ0n) is 14.0. The monoisotopic (exact) mass is 366 g/mol. The summed E-state index contributed by atoms with van der Waals surface area (Å²) in [5.41, 5.74) is 0.552. The Kier molecular flexibility index (Phi) is 5.99. The van der Waals surface area contributed by atoms with Crippen LogP contribution in [0.3, 0.4) is 0 Å². The van der Waals surface area contributed by atoms with Gasteiger partial charge in [-0.25, -0.2) is 9.07 Å². The largest absolute Gasteiger partial charge is 0.345 e. The Morgan fingerprint density at radius 2 is 2.12 bits per heavy atom. The van der Waals surface area contributed by atoms with Crippen molar-refractivity contribution in [2.45, 2.75) is 25.8 Å². The van der Waals surface area contributed by atoms with Gasteiger partial charge < -0.3 is 10.2 Å². The molecule has 0 spiro atoms. The smallest absolute Gasteiger partial charge is 0.273 e. The van der Waals surface area contributed by atoms with Crippen molar-refractivity contribution in [3.05, 3.63) is 46.5 Å². The molecule has 1 aromatic carbocycles. The van der Waals surface area contributed by atoms with Crippen molar-refractivity contribution < 1.29 is 14.1 Å². The SMILES string of the molecule is O=C(NCC[NH+]1CCCCC1)c1cn(Cc2c(F)cccc2Cl)nn1. The van der Waals surface area contributed by atoms with E-state index in [1.807, 2.05) is 0 Å². The van der Waals surface area contributed by atoms with Crippen molar-refractivity contribution >= 4 is 17.5 Å². The van der Waals surface area contributed by atoms with Gasteiger partial charge in [0.2, 0.25) is 0 Å². The van der Waals surface area contributed by atoms with E-state index in [4.69, 9.17) is 11.6 Å². The van der Waals surface area contributed by atoms with E-state index < -0.39 is 5.82 Å². The fraction of sp³-hybridized carbons (Fsp3) is 0.471. The maximum absolute atomic E-state index is 13.8. The van der Waals surface area contributed by atoms with Gasteiger partial charge in [-0.05, 0) is 31.4 Å². The highest BCUT2D eigenvalue weighted by Crippen LogP contribution is 2.19. The third-order valence-corrected chi connectivity index (χ3v) is 4.83. The third kappa shape index (κ3) is 4.76. The van der Waals surface area contributed by atoms with Crippen LogP contribution in [0.1, 0.15) is 35.3 Å². The van der Waals surface area contributed by atoms with Gasteiger partial charge in [-0.2, -0.15) is 0 Å². The first kappa shape index (κ1) is 17.8. The van der Waals surface area contributed by atoms with Crippen molar-refractivity contribution in [1.29, 1.82) is 0 Å². The predicted molar refractivity (Wildman–Crippen MR) is 92.3 cm³/mol. The lowest BCUT2D eigenvalue weighted by molar-refractivity contribution is -0.903. The van der Waals surface area contributed by atoms with Crippen LogP contribution in [0, 0.1) is 5.82 Å². The number of amides is 1. The summed E-state index contributed by atoms with van der Waals surface area (Å²) >= 11 is 6.01. The molecular weight excluding hydrogens is 345 g/mol. The average Bonchev–Trinajstić information content (AvgIpc) is 3.08. The van der Waals surface area contributed by atoms with Crippen molar-refractivity contribution in [3.63, 3.8) is 0 Å². The number of quaternary nitrogens is 1. The van der Waals surface area contributed by atoms with Crippen molar-refractivity contribution in [1.82, 2.24) is 20.3 Å². The molecule has 8 heteroatoms. The number of nitrogens with zero attached hydrogens (tertiary/aromatic N) is 3. The van der Waals surface area contributed by atoms with Crippen LogP contribution in [-0.4, -0.2) is 47.1 Å². The second kappa shape index (κ2) is 8.40. The third-order valence-electron chi connectivity index (χ3n) is 4.48. The van der Waals surface area contributed by atoms with E-state index in [0.717, 1.165) is 6.54 Å². The Balaban J connectivity index is 1.52.